The van der Waals surface area contributed by atoms with Crippen molar-refractivity contribution in [1.29, 1.82) is 0 Å². The summed E-state index contributed by atoms with van der Waals surface area (Å²) >= 11 is 1.65. The molecule has 4 rings (SSSR count). The van der Waals surface area contributed by atoms with Gasteiger partial charge < -0.3 is 9.80 Å². The molecule has 0 unspecified atom stereocenters. The first kappa shape index (κ1) is 18.3. The molecule has 1 aromatic heterocycles. The molecule has 1 amide bonds. The highest BCUT2D eigenvalue weighted by Crippen LogP contribution is 2.34. The molecule has 27 heavy (non-hydrogen) atoms. The van der Waals surface area contributed by atoms with Crippen LogP contribution in [-0.4, -0.2) is 47.0 Å². The van der Waals surface area contributed by atoms with E-state index < -0.39 is 0 Å². The number of anilines is 1. The van der Waals surface area contributed by atoms with Gasteiger partial charge in [0, 0.05) is 43.5 Å². The predicted octanol–water partition coefficient (Wildman–Crippen LogP) is 3.78. The largest absolute Gasteiger partial charge is 0.354 e. The van der Waals surface area contributed by atoms with Crippen molar-refractivity contribution in [3.63, 3.8) is 0 Å². The third-order valence-corrected chi connectivity index (χ3v) is 6.31. The maximum absolute atomic E-state index is 12.8. The Bertz CT molecular complexity index is 806. The second-order valence-electron chi connectivity index (χ2n) is 7.42. The molecule has 0 saturated carbocycles. The van der Waals surface area contributed by atoms with E-state index in [2.05, 4.69) is 46.1 Å². The van der Waals surface area contributed by atoms with E-state index in [0.717, 1.165) is 62.7 Å². The number of nitrogens with zero attached hydrogens (tertiary/aromatic N) is 4. The van der Waals surface area contributed by atoms with Gasteiger partial charge in [-0.2, -0.15) is 0 Å². The van der Waals surface area contributed by atoms with Gasteiger partial charge in [0.15, 0.2) is 5.82 Å². The summed E-state index contributed by atoms with van der Waals surface area (Å²) in [4.78, 5) is 27.5. The van der Waals surface area contributed by atoms with Crippen molar-refractivity contribution in [3.05, 3.63) is 42.2 Å². The molecule has 6 heteroatoms. The summed E-state index contributed by atoms with van der Waals surface area (Å²) in [6.07, 6.45) is 7.79. The minimum absolute atomic E-state index is 0.0793. The SMILES string of the molecule is Cc1cccc(Sc2nccnc2N2CCC[C@@H](C(=O)N3CCCC3)C2)c1. The zero-order valence-corrected chi connectivity index (χ0v) is 16.6. The number of amides is 1. The van der Waals surface area contributed by atoms with E-state index >= 15 is 0 Å². The molecule has 1 atom stereocenters. The lowest BCUT2D eigenvalue weighted by molar-refractivity contribution is -0.134. The van der Waals surface area contributed by atoms with E-state index in [9.17, 15) is 4.79 Å². The lowest BCUT2D eigenvalue weighted by Crippen LogP contribution is -2.44. The quantitative estimate of drug-likeness (QED) is 0.805. The van der Waals surface area contributed by atoms with E-state index in [1.54, 1.807) is 24.2 Å². The molecule has 0 radical (unpaired) electrons. The summed E-state index contributed by atoms with van der Waals surface area (Å²) in [5.41, 5.74) is 1.24. The Kier molecular flexibility index (Phi) is 5.62. The van der Waals surface area contributed by atoms with Gasteiger partial charge in [-0.05, 0) is 44.7 Å². The maximum atomic E-state index is 12.8. The molecular weight excluding hydrogens is 356 g/mol. The van der Waals surface area contributed by atoms with Gasteiger partial charge in [-0.25, -0.2) is 9.97 Å². The van der Waals surface area contributed by atoms with E-state index in [1.807, 2.05) is 4.90 Å². The van der Waals surface area contributed by atoms with Crippen LogP contribution in [0.2, 0.25) is 0 Å². The zero-order chi connectivity index (χ0) is 18.6. The molecule has 3 heterocycles. The number of aryl methyl sites for hydroxylation is 1. The van der Waals surface area contributed by atoms with Crippen LogP contribution in [0.25, 0.3) is 0 Å². The van der Waals surface area contributed by atoms with Crippen LogP contribution in [0.3, 0.4) is 0 Å². The number of hydrogen-bond acceptors (Lipinski definition) is 5. The smallest absolute Gasteiger partial charge is 0.227 e. The predicted molar refractivity (Wildman–Crippen MR) is 108 cm³/mol. The number of likely N-dealkylation sites (tertiary alicyclic amines) is 1. The van der Waals surface area contributed by atoms with Crippen molar-refractivity contribution < 1.29 is 4.79 Å². The van der Waals surface area contributed by atoms with Crippen LogP contribution >= 0.6 is 11.8 Å². The van der Waals surface area contributed by atoms with Gasteiger partial charge >= 0.3 is 0 Å². The summed E-state index contributed by atoms with van der Waals surface area (Å²) in [5, 5.41) is 0.914. The minimum Gasteiger partial charge on any atom is -0.354 e. The Labute approximate surface area is 165 Å². The van der Waals surface area contributed by atoms with E-state index in [0.29, 0.717) is 5.91 Å². The highest BCUT2D eigenvalue weighted by Gasteiger charge is 2.31. The van der Waals surface area contributed by atoms with Gasteiger partial charge in [0.1, 0.15) is 5.03 Å². The first-order chi connectivity index (χ1) is 13.2. The van der Waals surface area contributed by atoms with Crippen molar-refractivity contribution in [2.24, 2.45) is 5.92 Å². The number of hydrogen-bond donors (Lipinski definition) is 0. The Morgan fingerprint density at radius 2 is 1.93 bits per heavy atom. The summed E-state index contributed by atoms with van der Waals surface area (Å²) < 4.78 is 0. The molecule has 1 aromatic carbocycles. The highest BCUT2D eigenvalue weighted by molar-refractivity contribution is 7.99. The van der Waals surface area contributed by atoms with E-state index in [1.165, 1.54) is 10.5 Å². The van der Waals surface area contributed by atoms with Crippen LogP contribution < -0.4 is 4.90 Å². The maximum Gasteiger partial charge on any atom is 0.227 e. The zero-order valence-electron chi connectivity index (χ0n) is 15.8. The third kappa shape index (κ3) is 4.26. The number of benzene rings is 1. The van der Waals surface area contributed by atoms with E-state index in [4.69, 9.17) is 0 Å². The molecule has 0 bridgehead atoms. The molecule has 2 saturated heterocycles. The fourth-order valence-corrected chi connectivity index (χ4v) is 4.97. The van der Waals surface area contributed by atoms with Crippen molar-refractivity contribution in [2.45, 2.75) is 42.5 Å². The van der Waals surface area contributed by atoms with Crippen molar-refractivity contribution >= 4 is 23.5 Å². The molecule has 0 aliphatic carbocycles. The van der Waals surface area contributed by atoms with Gasteiger partial charge in [-0.3, -0.25) is 4.79 Å². The Balaban J connectivity index is 1.51. The standard InChI is InChI=1S/C21H26N4OS/c1-16-6-4-8-18(14-16)27-20-19(22-9-10-23-20)25-13-5-7-17(15-25)21(26)24-11-2-3-12-24/h4,6,8-10,14,17H,2-3,5,7,11-13,15H2,1H3/t17-/m1/s1. The number of aromatic nitrogens is 2. The molecule has 2 aromatic rings. The fourth-order valence-electron chi connectivity index (χ4n) is 3.96. The summed E-state index contributed by atoms with van der Waals surface area (Å²) in [6, 6.07) is 8.44. The molecule has 2 aliphatic rings. The highest BCUT2D eigenvalue weighted by atomic mass is 32.2. The first-order valence-electron chi connectivity index (χ1n) is 9.80. The van der Waals surface area contributed by atoms with Gasteiger partial charge in [0.2, 0.25) is 5.91 Å². The summed E-state index contributed by atoms with van der Waals surface area (Å²) in [6.45, 7) is 5.63. The number of piperidine rings is 1. The Hall–Kier alpha value is -2.08. The molecule has 142 valence electrons. The Morgan fingerprint density at radius 3 is 2.74 bits per heavy atom. The average Bonchev–Trinajstić information content (AvgIpc) is 3.23. The monoisotopic (exact) mass is 382 g/mol. The molecule has 0 spiro atoms. The average molecular weight is 383 g/mol. The molecular formula is C21H26N4OS. The minimum atomic E-state index is 0.0793. The van der Waals surface area contributed by atoms with Gasteiger partial charge in [0.25, 0.3) is 0 Å². The van der Waals surface area contributed by atoms with Crippen LogP contribution in [-0.2, 0) is 4.79 Å². The molecule has 0 N–H and O–H groups in total. The van der Waals surface area contributed by atoms with Gasteiger partial charge in [-0.1, -0.05) is 29.5 Å². The molecule has 5 nitrogen and oxygen atoms in total. The second-order valence-corrected chi connectivity index (χ2v) is 8.48. The van der Waals surface area contributed by atoms with Crippen LogP contribution in [0.15, 0.2) is 46.6 Å². The fraction of sp³-hybridized carbons (Fsp3) is 0.476. The lowest BCUT2D eigenvalue weighted by Gasteiger charge is -2.35. The van der Waals surface area contributed by atoms with Crippen LogP contribution in [0, 0.1) is 12.8 Å². The third-order valence-electron chi connectivity index (χ3n) is 5.34. The van der Waals surface area contributed by atoms with Gasteiger partial charge in [-0.15, -0.1) is 0 Å². The van der Waals surface area contributed by atoms with Crippen LogP contribution in [0.4, 0.5) is 5.82 Å². The number of carbonyl (C=O) groups is 1. The van der Waals surface area contributed by atoms with Crippen molar-refractivity contribution in [3.8, 4) is 0 Å². The van der Waals surface area contributed by atoms with Crippen molar-refractivity contribution in [2.75, 3.05) is 31.1 Å². The van der Waals surface area contributed by atoms with Crippen LogP contribution in [0.1, 0.15) is 31.2 Å². The number of carbonyl (C=O) groups excluding carboxylic acids is 1. The van der Waals surface area contributed by atoms with E-state index in [-0.39, 0.29) is 5.92 Å². The molecule has 2 aliphatic heterocycles. The summed E-state index contributed by atoms with van der Waals surface area (Å²) in [5.74, 6) is 1.31. The Morgan fingerprint density at radius 1 is 1.11 bits per heavy atom. The molecule has 2 fully saturated rings. The number of rotatable bonds is 4. The second kappa shape index (κ2) is 8.30. The normalized spacial score (nSPS) is 20.1. The van der Waals surface area contributed by atoms with Crippen molar-refractivity contribution in [1.82, 2.24) is 14.9 Å². The lowest BCUT2D eigenvalue weighted by atomic mass is 9.96. The topological polar surface area (TPSA) is 49.3 Å². The van der Waals surface area contributed by atoms with Crippen LogP contribution in [0.5, 0.6) is 0 Å². The summed E-state index contributed by atoms with van der Waals surface area (Å²) in [7, 11) is 0. The first-order valence-corrected chi connectivity index (χ1v) is 10.6. The van der Waals surface area contributed by atoms with Gasteiger partial charge in [0.05, 0.1) is 5.92 Å².